The van der Waals surface area contributed by atoms with Gasteiger partial charge in [-0.1, -0.05) is 53.4 Å². The average Bonchev–Trinajstić information content (AvgIpc) is 2.78. The highest BCUT2D eigenvalue weighted by Crippen LogP contribution is 2.56. The number of rotatable bonds is 3. The largest absolute Gasteiger partial charge is 0.374 e. The zero-order chi connectivity index (χ0) is 17.7. The minimum atomic E-state index is -3.43. The fourth-order valence-electron chi connectivity index (χ4n) is 2.98. The molecule has 126 valence electrons. The molecule has 0 radical (unpaired) electrons. The van der Waals surface area contributed by atoms with Crippen LogP contribution >= 0.6 is 9.24 Å². The first-order chi connectivity index (χ1) is 11.2. The van der Waals surface area contributed by atoms with Crippen molar-refractivity contribution in [3.8, 4) is 11.1 Å². The lowest BCUT2D eigenvalue weighted by atomic mass is 9.91. The number of aliphatic hydroxyl groups is 1. The van der Waals surface area contributed by atoms with E-state index in [4.69, 9.17) is 0 Å². The molecule has 2 aromatic carbocycles. The summed E-state index contributed by atoms with van der Waals surface area (Å²) in [5, 5.41) is 13.6. The van der Waals surface area contributed by atoms with Gasteiger partial charge in [-0.25, -0.2) is 0 Å². The highest BCUT2D eigenvalue weighted by atomic mass is 31.0. The molecule has 0 aliphatic heterocycles. The van der Waals surface area contributed by atoms with Gasteiger partial charge in [-0.05, 0) is 23.3 Å². The minimum absolute atomic E-state index is 0.131. The normalized spacial score (nSPS) is 19.1. The summed E-state index contributed by atoms with van der Waals surface area (Å²) < 4.78 is 28.5. The Kier molecular flexibility index (Phi) is 3.97. The van der Waals surface area contributed by atoms with Gasteiger partial charge in [0.25, 0.3) is 5.66 Å². The third-order valence-corrected chi connectivity index (χ3v) is 4.71. The van der Waals surface area contributed by atoms with Crippen molar-refractivity contribution < 1.29 is 18.7 Å². The molecule has 3 nitrogen and oxygen atoms in total. The monoisotopic (exact) mass is 349 g/mol. The van der Waals surface area contributed by atoms with Gasteiger partial charge in [-0.15, -0.1) is 0 Å². The molecule has 0 aromatic heterocycles. The number of benzene rings is 2. The van der Waals surface area contributed by atoms with Gasteiger partial charge in [0.05, 0.1) is 0 Å². The first-order valence-corrected chi connectivity index (χ1v) is 8.18. The van der Waals surface area contributed by atoms with Gasteiger partial charge >= 0.3 is 0 Å². The van der Waals surface area contributed by atoms with Gasteiger partial charge < -0.3 is 10.4 Å². The third kappa shape index (κ3) is 2.43. The first kappa shape index (κ1) is 17.0. The molecule has 2 N–H and O–H groups in total. The van der Waals surface area contributed by atoms with Gasteiger partial charge in [0.1, 0.15) is 0 Å². The molecule has 2 aromatic rings. The van der Waals surface area contributed by atoms with E-state index in [0.717, 1.165) is 0 Å². The van der Waals surface area contributed by atoms with Gasteiger partial charge in [-0.3, -0.25) is 4.79 Å². The van der Waals surface area contributed by atoms with Crippen molar-refractivity contribution >= 4 is 20.8 Å². The topological polar surface area (TPSA) is 49.3 Å². The molecule has 0 spiro atoms. The molecule has 2 atom stereocenters. The zero-order valence-corrected chi connectivity index (χ0v) is 14.5. The molecule has 0 saturated heterocycles. The van der Waals surface area contributed by atoms with Crippen LogP contribution in [0.1, 0.15) is 25.0 Å². The van der Waals surface area contributed by atoms with Crippen molar-refractivity contribution in [3.63, 3.8) is 0 Å². The van der Waals surface area contributed by atoms with Crippen molar-refractivity contribution in [2.45, 2.75) is 25.1 Å². The van der Waals surface area contributed by atoms with Crippen molar-refractivity contribution in [1.29, 1.82) is 0 Å². The molecular formula is C18H18F2NO2P. The predicted molar refractivity (Wildman–Crippen MR) is 93.0 cm³/mol. The number of fused-ring (bicyclic) bond motifs is 3. The molecule has 2 unspecified atom stereocenters. The fraction of sp³-hybridized carbons (Fsp3) is 0.278. The summed E-state index contributed by atoms with van der Waals surface area (Å²) in [4.78, 5) is 11.9. The smallest absolute Gasteiger partial charge is 0.295 e. The van der Waals surface area contributed by atoms with Crippen LogP contribution in [0.3, 0.4) is 0 Å². The number of hydrogen-bond acceptors (Lipinski definition) is 2. The summed E-state index contributed by atoms with van der Waals surface area (Å²) in [6, 6.07) is 11.1. The molecule has 0 bridgehead atoms. The standard InChI is InChI=1S/C18H18F2NO2P/c1-10(2)16(22)21-11-7-8-15-13(9-11)12-5-3-4-6-14(12)17(15,23)18(19,20)24/h3-10,23H,24H2,1-2H3,(H,21,22). The van der Waals surface area contributed by atoms with Gasteiger partial charge in [0.15, 0.2) is 5.60 Å². The van der Waals surface area contributed by atoms with Crippen LogP contribution in [-0.2, 0) is 10.4 Å². The van der Waals surface area contributed by atoms with Crippen molar-refractivity contribution in [3.05, 3.63) is 53.6 Å². The van der Waals surface area contributed by atoms with E-state index in [-0.39, 0.29) is 23.0 Å². The van der Waals surface area contributed by atoms with E-state index in [1.165, 1.54) is 27.4 Å². The van der Waals surface area contributed by atoms with E-state index in [0.29, 0.717) is 16.8 Å². The number of halogens is 2. The number of carbonyl (C=O) groups is 1. The van der Waals surface area contributed by atoms with E-state index in [9.17, 15) is 18.7 Å². The highest BCUT2D eigenvalue weighted by Gasteiger charge is 2.56. The Hall–Kier alpha value is -1.84. The predicted octanol–water partition coefficient (Wildman–Crippen LogP) is 3.97. The molecule has 0 fully saturated rings. The van der Waals surface area contributed by atoms with E-state index in [2.05, 4.69) is 5.32 Å². The van der Waals surface area contributed by atoms with Crippen molar-refractivity contribution in [2.75, 3.05) is 5.32 Å². The molecule has 1 amide bonds. The number of alkyl halides is 2. The lowest BCUT2D eigenvalue weighted by Crippen LogP contribution is -2.40. The Bertz CT molecular complexity index is 817. The molecule has 0 heterocycles. The first-order valence-electron chi connectivity index (χ1n) is 7.60. The quantitative estimate of drug-likeness (QED) is 0.824. The molecule has 0 saturated carbocycles. The number of anilines is 1. The Balaban J connectivity index is 2.16. The lowest BCUT2D eigenvalue weighted by Gasteiger charge is -2.31. The van der Waals surface area contributed by atoms with Crippen LogP contribution in [0.2, 0.25) is 0 Å². The van der Waals surface area contributed by atoms with Crippen LogP contribution in [0.4, 0.5) is 14.5 Å². The number of hydrogen-bond donors (Lipinski definition) is 2. The summed E-state index contributed by atoms with van der Waals surface area (Å²) in [6.07, 6.45) is 0. The summed E-state index contributed by atoms with van der Waals surface area (Å²) in [6.45, 7) is 3.54. The van der Waals surface area contributed by atoms with Crippen molar-refractivity contribution in [2.24, 2.45) is 5.92 Å². The van der Waals surface area contributed by atoms with Crippen LogP contribution in [0, 0.1) is 5.92 Å². The van der Waals surface area contributed by atoms with Gasteiger partial charge in [-0.2, -0.15) is 8.78 Å². The molecule has 1 aliphatic carbocycles. The summed E-state index contributed by atoms with van der Waals surface area (Å²) in [5.74, 6) is -0.355. The van der Waals surface area contributed by atoms with Crippen LogP contribution in [-0.4, -0.2) is 16.7 Å². The van der Waals surface area contributed by atoms with Crippen LogP contribution in [0.15, 0.2) is 42.5 Å². The molecule has 1 aliphatic rings. The Labute approximate surface area is 141 Å². The Morgan fingerprint density at radius 1 is 1.17 bits per heavy atom. The van der Waals surface area contributed by atoms with Crippen LogP contribution in [0.25, 0.3) is 11.1 Å². The second kappa shape index (κ2) is 5.61. The zero-order valence-electron chi connectivity index (χ0n) is 13.3. The van der Waals surface area contributed by atoms with E-state index in [1.807, 2.05) is 0 Å². The average molecular weight is 349 g/mol. The van der Waals surface area contributed by atoms with Crippen LogP contribution < -0.4 is 5.32 Å². The third-order valence-electron chi connectivity index (χ3n) is 4.29. The minimum Gasteiger partial charge on any atom is -0.374 e. The highest BCUT2D eigenvalue weighted by molar-refractivity contribution is 7.18. The number of nitrogens with one attached hydrogen (secondary N) is 1. The lowest BCUT2D eigenvalue weighted by molar-refractivity contribution is -0.118. The molecule has 6 heteroatoms. The maximum absolute atomic E-state index is 14.2. The van der Waals surface area contributed by atoms with E-state index < -0.39 is 11.3 Å². The summed E-state index contributed by atoms with van der Waals surface area (Å²) in [7, 11) is 1.43. The second-order valence-corrected chi connectivity index (χ2v) is 7.01. The van der Waals surface area contributed by atoms with Crippen molar-refractivity contribution in [1.82, 2.24) is 0 Å². The SMILES string of the molecule is CC(C)C(=O)Nc1ccc2c(c1)-c1ccccc1C2(O)C(F)(F)P. The number of amides is 1. The number of carbonyl (C=O) groups excluding carboxylic acids is 1. The Morgan fingerprint density at radius 3 is 2.42 bits per heavy atom. The fourth-order valence-corrected chi connectivity index (χ4v) is 3.30. The van der Waals surface area contributed by atoms with E-state index in [1.54, 1.807) is 38.1 Å². The summed E-state index contributed by atoms with van der Waals surface area (Å²) in [5.41, 5.74) is -4.01. The van der Waals surface area contributed by atoms with Gasteiger partial charge in [0, 0.05) is 22.7 Å². The maximum atomic E-state index is 14.2. The second-order valence-electron chi connectivity index (χ2n) is 6.28. The van der Waals surface area contributed by atoms with E-state index >= 15 is 0 Å². The molecular weight excluding hydrogens is 331 g/mol. The Morgan fingerprint density at radius 2 is 1.79 bits per heavy atom. The summed E-state index contributed by atoms with van der Waals surface area (Å²) >= 11 is 0. The van der Waals surface area contributed by atoms with Gasteiger partial charge in [0.2, 0.25) is 5.91 Å². The van der Waals surface area contributed by atoms with Crippen LogP contribution in [0.5, 0.6) is 0 Å². The molecule has 24 heavy (non-hydrogen) atoms. The maximum Gasteiger partial charge on any atom is 0.295 e. The molecule has 3 rings (SSSR count).